The van der Waals surface area contributed by atoms with E-state index in [1.54, 1.807) is 6.20 Å². The van der Waals surface area contributed by atoms with Crippen LogP contribution in [0.15, 0.2) is 182 Å². The van der Waals surface area contributed by atoms with Crippen LogP contribution in [0.4, 0.5) is 0 Å². The van der Waals surface area contributed by atoms with Gasteiger partial charge in [0.15, 0.2) is 0 Å². The molecule has 0 aliphatic rings. The zero-order valence-corrected chi connectivity index (χ0v) is 28.2. The van der Waals surface area contributed by atoms with Crippen molar-refractivity contribution in [2.45, 2.75) is 0 Å². The molecule has 11 aromatic rings. The van der Waals surface area contributed by atoms with Crippen molar-refractivity contribution in [1.29, 1.82) is 0 Å². The zero-order valence-electron chi connectivity index (χ0n) is 28.2. The Morgan fingerprint density at radius 2 is 0.885 bits per heavy atom. The summed E-state index contributed by atoms with van der Waals surface area (Å²) in [6.45, 7) is 0. The standard InChI is InChI=1S/C50H30N2/c1-3-14-39-37(12-1)38-13-2-4-15-40(38)42-23-21-33(35-22-25-47(52-30-35)36-11-8-26-51-29-36)27-45(42)46-28-34-19-18-31-9-7-10-32-20-24-44(49(34)48(31)32)50(46)43-17-6-5-16-41(39)43/h1-30H. The largest absolute Gasteiger partial charge is 0.264 e. The van der Waals surface area contributed by atoms with Crippen LogP contribution in [0.25, 0.3) is 109 Å². The first-order valence-corrected chi connectivity index (χ1v) is 17.8. The molecule has 0 amide bonds. The van der Waals surface area contributed by atoms with E-state index in [4.69, 9.17) is 4.98 Å². The summed E-state index contributed by atoms with van der Waals surface area (Å²) in [7, 11) is 0. The van der Waals surface area contributed by atoms with Crippen molar-refractivity contribution in [1.82, 2.24) is 9.97 Å². The van der Waals surface area contributed by atoms with E-state index in [9.17, 15) is 0 Å². The van der Waals surface area contributed by atoms with Gasteiger partial charge in [0, 0.05) is 29.7 Å². The van der Waals surface area contributed by atoms with E-state index < -0.39 is 0 Å². The third-order valence-corrected chi connectivity index (χ3v) is 10.9. The van der Waals surface area contributed by atoms with Crippen LogP contribution in [-0.2, 0) is 0 Å². The highest BCUT2D eigenvalue weighted by Crippen LogP contribution is 2.44. The van der Waals surface area contributed by atoms with E-state index >= 15 is 0 Å². The summed E-state index contributed by atoms with van der Waals surface area (Å²) in [4.78, 5) is 9.19. The van der Waals surface area contributed by atoms with E-state index in [-0.39, 0.29) is 0 Å². The lowest BCUT2D eigenvalue weighted by atomic mass is 9.87. The Kier molecular flexibility index (Phi) is 6.28. The molecule has 0 bridgehead atoms. The predicted molar refractivity (Wildman–Crippen MR) is 222 cm³/mol. The van der Waals surface area contributed by atoms with Gasteiger partial charge in [-0.05, 0) is 122 Å². The smallest absolute Gasteiger partial charge is 0.0717 e. The van der Waals surface area contributed by atoms with Crippen molar-refractivity contribution in [3.63, 3.8) is 0 Å². The summed E-state index contributed by atoms with van der Waals surface area (Å²) in [6.07, 6.45) is 5.65. The molecule has 0 aliphatic heterocycles. The van der Waals surface area contributed by atoms with Gasteiger partial charge >= 0.3 is 0 Å². The van der Waals surface area contributed by atoms with E-state index in [1.165, 1.54) is 86.2 Å². The highest BCUT2D eigenvalue weighted by atomic mass is 14.7. The zero-order chi connectivity index (χ0) is 34.2. The van der Waals surface area contributed by atoms with E-state index in [0.717, 1.165) is 22.4 Å². The maximum atomic E-state index is 4.89. The Hall–Kier alpha value is -6.90. The lowest BCUT2D eigenvalue weighted by Gasteiger charge is -2.16. The molecule has 0 unspecified atom stereocenters. The Morgan fingerprint density at radius 1 is 0.288 bits per heavy atom. The molecule has 0 N–H and O–H groups in total. The molecule has 0 atom stereocenters. The Labute approximate surface area is 299 Å². The fraction of sp³-hybridized carbons (Fsp3) is 0. The monoisotopic (exact) mass is 658 g/mol. The first-order valence-electron chi connectivity index (χ1n) is 17.8. The second-order valence-corrected chi connectivity index (χ2v) is 13.7. The van der Waals surface area contributed by atoms with Crippen LogP contribution in [0.1, 0.15) is 0 Å². The number of pyridine rings is 2. The summed E-state index contributed by atoms with van der Waals surface area (Å²) in [6, 6.07) is 60.4. The van der Waals surface area contributed by atoms with Gasteiger partial charge in [-0.3, -0.25) is 9.97 Å². The molecule has 9 aromatic carbocycles. The number of rotatable bonds is 2. The van der Waals surface area contributed by atoms with E-state index in [2.05, 4.69) is 157 Å². The fourth-order valence-corrected chi connectivity index (χ4v) is 8.59. The average molecular weight is 659 g/mol. The molecule has 0 saturated carbocycles. The first kappa shape index (κ1) is 28.9. The van der Waals surface area contributed by atoms with Crippen LogP contribution in [0.2, 0.25) is 0 Å². The van der Waals surface area contributed by atoms with Crippen molar-refractivity contribution < 1.29 is 0 Å². The van der Waals surface area contributed by atoms with Crippen LogP contribution >= 0.6 is 0 Å². The van der Waals surface area contributed by atoms with Crippen molar-refractivity contribution in [2.75, 3.05) is 0 Å². The van der Waals surface area contributed by atoms with Gasteiger partial charge in [0.05, 0.1) is 5.69 Å². The highest BCUT2D eigenvalue weighted by molar-refractivity contribution is 6.36. The molecule has 0 saturated heterocycles. The van der Waals surface area contributed by atoms with E-state index in [1.807, 2.05) is 24.5 Å². The van der Waals surface area contributed by atoms with Gasteiger partial charge in [-0.15, -0.1) is 0 Å². The SMILES string of the molecule is c1cncc(-c2ccc(-c3ccc4c5ccccc5c5ccccc5c5ccccc5c5c(cc6ccc7cccc8ccc5c6c78)c4c3)cn2)c1. The van der Waals surface area contributed by atoms with Crippen LogP contribution in [0.3, 0.4) is 0 Å². The molecule has 2 heterocycles. The molecule has 240 valence electrons. The van der Waals surface area contributed by atoms with Crippen LogP contribution in [-0.4, -0.2) is 9.97 Å². The first-order chi connectivity index (χ1) is 25.8. The lowest BCUT2D eigenvalue weighted by Crippen LogP contribution is -1.89. The quantitative estimate of drug-likeness (QED) is 0.173. The molecule has 0 fully saturated rings. The van der Waals surface area contributed by atoms with Crippen LogP contribution in [0.5, 0.6) is 0 Å². The summed E-state index contributed by atoms with van der Waals surface area (Å²) in [5.74, 6) is 0. The number of hydrogen-bond acceptors (Lipinski definition) is 2. The molecule has 2 nitrogen and oxygen atoms in total. The molecule has 2 aromatic heterocycles. The van der Waals surface area contributed by atoms with Crippen molar-refractivity contribution in [2.24, 2.45) is 0 Å². The summed E-state index contributed by atoms with van der Waals surface area (Å²) >= 11 is 0. The van der Waals surface area contributed by atoms with Crippen LogP contribution in [0, 0.1) is 0 Å². The molecular weight excluding hydrogens is 629 g/mol. The summed E-state index contributed by atoms with van der Waals surface area (Å²) in [5, 5.41) is 20.0. The number of nitrogens with zero attached hydrogens (tertiary/aromatic N) is 2. The van der Waals surface area contributed by atoms with Gasteiger partial charge in [-0.2, -0.15) is 0 Å². The summed E-state index contributed by atoms with van der Waals surface area (Å²) < 4.78 is 0. The number of aromatic nitrogens is 2. The minimum absolute atomic E-state index is 0.911. The normalized spacial score (nSPS) is 11.8. The second-order valence-electron chi connectivity index (χ2n) is 13.7. The number of fused-ring (bicyclic) bond motifs is 11. The number of hydrogen-bond donors (Lipinski definition) is 0. The summed E-state index contributed by atoms with van der Waals surface area (Å²) in [5.41, 5.74) is 4.12. The minimum Gasteiger partial charge on any atom is -0.264 e. The Bertz CT molecular complexity index is 3260. The predicted octanol–water partition coefficient (Wildman–Crippen LogP) is 13.6. The molecule has 11 rings (SSSR count). The maximum absolute atomic E-state index is 4.89. The molecule has 0 spiro atoms. The van der Waals surface area contributed by atoms with Gasteiger partial charge in [-0.25, -0.2) is 0 Å². The van der Waals surface area contributed by atoms with E-state index in [0.29, 0.717) is 0 Å². The van der Waals surface area contributed by atoms with Gasteiger partial charge in [-0.1, -0.05) is 133 Å². The second kappa shape index (κ2) is 11.3. The Balaban J connectivity index is 1.39. The van der Waals surface area contributed by atoms with Gasteiger partial charge < -0.3 is 0 Å². The molecule has 2 heteroatoms. The molecular formula is C50H30N2. The average Bonchev–Trinajstić information content (AvgIpc) is 3.22. The van der Waals surface area contributed by atoms with Crippen molar-refractivity contribution in [3.8, 4) is 22.4 Å². The third kappa shape index (κ3) is 4.31. The van der Waals surface area contributed by atoms with Crippen molar-refractivity contribution in [3.05, 3.63) is 182 Å². The van der Waals surface area contributed by atoms with Crippen molar-refractivity contribution >= 4 is 86.2 Å². The topological polar surface area (TPSA) is 25.8 Å². The van der Waals surface area contributed by atoms with Gasteiger partial charge in [0.2, 0.25) is 0 Å². The third-order valence-electron chi connectivity index (χ3n) is 10.9. The lowest BCUT2D eigenvalue weighted by molar-refractivity contribution is 1.28. The van der Waals surface area contributed by atoms with Gasteiger partial charge in [0.25, 0.3) is 0 Å². The molecule has 52 heavy (non-hydrogen) atoms. The van der Waals surface area contributed by atoms with Crippen LogP contribution < -0.4 is 0 Å². The maximum Gasteiger partial charge on any atom is 0.0717 e. The van der Waals surface area contributed by atoms with Gasteiger partial charge in [0.1, 0.15) is 0 Å². The minimum atomic E-state index is 0.911. The molecule has 0 radical (unpaired) electrons. The molecule has 0 aliphatic carbocycles. The fourth-order valence-electron chi connectivity index (χ4n) is 8.59. The Morgan fingerprint density at radius 3 is 1.54 bits per heavy atom. The number of benzene rings is 8. The highest BCUT2D eigenvalue weighted by Gasteiger charge is 2.16.